The summed E-state index contributed by atoms with van der Waals surface area (Å²) in [6, 6.07) is 3.62. The Kier molecular flexibility index (Phi) is 3.63. The summed E-state index contributed by atoms with van der Waals surface area (Å²) < 4.78 is 35.4. The predicted octanol–water partition coefficient (Wildman–Crippen LogP) is 0.284. The minimum Gasteiger partial charge on any atom is -0.364 e. The van der Waals surface area contributed by atoms with Crippen LogP contribution in [0.15, 0.2) is 24.3 Å². The number of halogens is 1. The summed E-state index contributed by atoms with van der Waals surface area (Å²) in [4.78, 5) is 35.4. The second-order valence-electron chi connectivity index (χ2n) is 3.20. The van der Waals surface area contributed by atoms with Gasteiger partial charge in [0.2, 0.25) is 0 Å². The quantitative estimate of drug-likeness (QED) is 0.503. The maximum absolute atomic E-state index is 13.3. The molecule has 0 aliphatic carbocycles. The molecule has 0 atom stereocenters. The van der Waals surface area contributed by atoms with E-state index in [1.165, 1.54) is 0 Å². The molecule has 7 nitrogen and oxygen atoms in total. The van der Waals surface area contributed by atoms with Crippen molar-refractivity contribution in [2.24, 2.45) is 0 Å². The second kappa shape index (κ2) is 4.26. The standard InChI is InChI=1S/C7H9FO7P2/c8-6-4-2-1-3-5(6)7(9,16(10,11)12)17(13,14)15/h1-4,9H,(H2,10,11,12)(H2,13,14,15). The Hall–Kier alpha value is -0.590. The third kappa shape index (κ3) is 2.34. The van der Waals surface area contributed by atoms with E-state index in [0.717, 1.165) is 12.1 Å². The maximum atomic E-state index is 13.3. The first-order valence-corrected chi connectivity index (χ1v) is 7.33. The Morgan fingerprint density at radius 3 is 1.76 bits per heavy atom. The second-order valence-corrected chi connectivity index (χ2v) is 7.03. The fourth-order valence-electron chi connectivity index (χ4n) is 1.22. The van der Waals surface area contributed by atoms with Crippen LogP contribution < -0.4 is 0 Å². The van der Waals surface area contributed by atoms with Gasteiger partial charge in [-0.1, -0.05) is 18.2 Å². The molecule has 1 aromatic rings. The lowest BCUT2D eigenvalue weighted by Gasteiger charge is -2.29. The Bertz CT molecular complexity index is 497. The molecule has 0 aliphatic rings. The van der Waals surface area contributed by atoms with Crippen LogP contribution in [0.25, 0.3) is 0 Å². The zero-order valence-electron chi connectivity index (χ0n) is 8.13. The first kappa shape index (κ1) is 14.5. The zero-order chi connectivity index (χ0) is 13.5. The fourth-order valence-corrected chi connectivity index (χ4v) is 3.56. The van der Waals surface area contributed by atoms with Gasteiger partial charge < -0.3 is 24.7 Å². The van der Waals surface area contributed by atoms with E-state index in [-0.39, 0.29) is 0 Å². The molecule has 0 saturated carbocycles. The van der Waals surface area contributed by atoms with E-state index in [1.54, 1.807) is 0 Å². The number of rotatable bonds is 3. The number of hydrogen-bond acceptors (Lipinski definition) is 3. The van der Waals surface area contributed by atoms with Gasteiger partial charge in [-0.05, 0) is 6.07 Å². The van der Waals surface area contributed by atoms with Crippen LogP contribution in [-0.4, -0.2) is 24.7 Å². The summed E-state index contributed by atoms with van der Waals surface area (Å²) in [5.41, 5.74) is -1.15. The molecule has 1 rings (SSSR count). The van der Waals surface area contributed by atoms with Gasteiger partial charge in [0.15, 0.2) is 0 Å². The van der Waals surface area contributed by atoms with E-state index in [0.29, 0.717) is 12.1 Å². The molecule has 1 aromatic carbocycles. The average molecular weight is 286 g/mol. The molecule has 0 fully saturated rings. The molecule has 0 bridgehead atoms. The van der Waals surface area contributed by atoms with Crippen LogP contribution in [0.3, 0.4) is 0 Å². The van der Waals surface area contributed by atoms with E-state index < -0.39 is 31.7 Å². The number of benzene rings is 1. The average Bonchev–Trinajstić information content (AvgIpc) is 2.13. The van der Waals surface area contributed by atoms with Crippen molar-refractivity contribution < 1.29 is 38.2 Å². The molecule has 0 aromatic heterocycles. The third-order valence-corrected chi connectivity index (χ3v) is 5.72. The monoisotopic (exact) mass is 286 g/mol. The molecular formula is C7H9FO7P2. The highest BCUT2D eigenvalue weighted by Gasteiger charge is 2.61. The molecule has 5 N–H and O–H groups in total. The summed E-state index contributed by atoms with van der Waals surface area (Å²) >= 11 is 0. The van der Waals surface area contributed by atoms with E-state index in [4.69, 9.17) is 19.6 Å². The van der Waals surface area contributed by atoms with E-state index in [9.17, 15) is 18.6 Å². The summed E-state index contributed by atoms with van der Waals surface area (Å²) in [6.07, 6.45) is 0. The molecule has 10 heteroatoms. The highest BCUT2D eigenvalue weighted by Crippen LogP contribution is 2.73. The minimum absolute atomic E-state index is 0.688. The van der Waals surface area contributed by atoms with Crippen LogP contribution in [0.5, 0.6) is 0 Å². The summed E-state index contributed by atoms with van der Waals surface area (Å²) in [5, 5.41) is 5.69. The van der Waals surface area contributed by atoms with E-state index in [2.05, 4.69) is 0 Å². The Labute approximate surface area is 94.9 Å². The van der Waals surface area contributed by atoms with Crippen molar-refractivity contribution in [3.8, 4) is 0 Å². The van der Waals surface area contributed by atoms with Gasteiger partial charge in [-0.2, -0.15) is 0 Å². The molecule has 0 heterocycles. The lowest BCUT2D eigenvalue weighted by Crippen LogP contribution is -2.27. The van der Waals surface area contributed by atoms with Gasteiger partial charge in [0.05, 0.1) is 0 Å². The van der Waals surface area contributed by atoms with E-state index >= 15 is 0 Å². The molecule has 0 saturated heterocycles. The molecule has 0 amide bonds. The molecule has 17 heavy (non-hydrogen) atoms. The fraction of sp³-hybridized carbons (Fsp3) is 0.143. The molecular weight excluding hydrogens is 277 g/mol. The van der Waals surface area contributed by atoms with Crippen LogP contribution in [-0.2, 0) is 14.2 Å². The van der Waals surface area contributed by atoms with Gasteiger partial charge in [0.1, 0.15) is 5.82 Å². The van der Waals surface area contributed by atoms with Crippen molar-refractivity contribution in [1.29, 1.82) is 0 Å². The minimum atomic E-state index is -5.71. The van der Waals surface area contributed by atoms with Crippen molar-refractivity contribution >= 4 is 15.2 Å². The van der Waals surface area contributed by atoms with Gasteiger partial charge in [0.25, 0.3) is 5.08 Å². The molecule has 0 aliphatic heterocycles. The maximum Gasteiger partial charge on any atom is 0.374 e. The van der Waals surface area contributed by atoms with Gasteiger partial charge in [-0.3, -0.25) is 9.13 Å². The molecule has 0 spiro atoms. The highest BCUT2D eigenvalue weighted by atomic mass is 31.2. The Morgan fingerprint density at radius 2 is 1.41 bits per heavy atom. The summed E-state index contributed by atoms with van der Waals surface area (Å²) in [5.74, 6) is -1.33. The SMILES string of the molecule is O=P(O)(O)C(O)(c1ccccc1F)P(=O)(O)O. The van der Waals surface area contributed by atoms with Gasteiger partial charge >= 0.3 is 15.2 Å². The van der Waals surface area contributed by atoms with Crippen LogP contribution >= 0.6 is 15.2 Å². The lowest BCUT2D eigenvalue weighted by atomic mass is 10.2. The smallest absolute Gasteiger partial charge is 0.364 e. The van der Waals surface area contributed by atoms with Crippen molar-refractivity contribution in [2.45, 2.75) is 5.08 Å². The normalized spacial score (nSPS) is 13.8. The van der Waals surface area contributed by atoms with Gasteiger partial charge in [0, 0.05) is 5.56 Å². The van der Waals surface area contributed by atoms with Gasteiger partial charge in [-0.15, -0.1) is 0 Å². The summed E-state index contributed by atoms with van der Waals surface area (Å²) in [7, 11) is -11.4. The number of hydrogen-bond donors (Lipinski definition) is 5. The Balaban J connectivity index is 3.65. The van der Waals surface area contributed by atoms with Crippen LogP contribution in [0, 0.1) is 5.82 Å². The van der Waals surface area contributed by atoms with Gasteiger partial charge in [-0.25, -0.2) is 4.39 Å². The highest BCUT2D eigenvalue weighted by molar-refractivity contribution is 7.71. The third-order valence-electron chi connectivity index (χ3n) is 2.05. The molecule has 96 valence electrons. The zero-order valence-corrected chi connectivity index (χ0v) is 9.92. The van der Waals surface area contributed by atoms with Crippen molar-refractivity contribution in [3.63, 3.8) is 0 Å². The number of aliphatic hydroxyl groups is 1. The first-order valence-electron chi connectivity index (χ1n) is 4.10. The lowest BCUT2D eigenvalue weighted by molar-refractivity contribution is 0.127. The van der Waals surface area contributed by atoms with Crippen molar-refractivity contribution in [2.75, 3.05) is 0 Å². The molecule has 0 radical (unpaired) electrons. The Morgan fingerprint density at radius 1 is 1.00 bits per heavy atom. The van der Waals surface area contributed by atoms with Crippen molar-refractivity contribution in [1.82, 2.24) is 0 Å². The molecule has 0 unspecified atom stereocenters. The summed E-state index contributed by atoms with van der Waals surface area (Å²) in [6.45, 7) is 0. The van der Waals surface area contributed by atoms with Crippen LogP contribution in [0.4, 0.5) is 4.39 Å². The predicted molar refractivity (Wildman–Crippen MR) is 54.4 cm³/mol. The van der Waals surface area contributed by atoms with Crippen LogP contribution in [0.2, 0.25) is 0 Å². The first-order chi connectivity index (χ1) is 7.52. The van der Waals surface area contributed by atoms with E-state index in [1.807, 2.05) is 0 Å². The largest absolute Gasteiger partial charge is 0.374 e. The topological polar surface area (TPSA) is 135 Å². The van der Waals surface area contributed by atoms with Crippen molar-refractivity contribution in [3.05, 3.63) is 35.6 Å². The van der Waals surface area contributed by atoms with Crippen LogP contribution in [0.1, 0.15) is 5.56 Å².